The van der Waals surface area contributed by atoms with Gasteiger partial charge < -0.3 is 5.32 Å². The van der Waals surface area contributed by atoms with Crippen LogP contribution >= 0.6 is 22.9 Å². The van der Waals surface area contributed by atoms with Gasteiger partial charge in [-0.25, -0.2) is 8.42 Å². The molecule has 0 spiro atoms. The highest BCUT2D eigenvalue weighted by Gasteiger charge is 2.15. The van der Waals surface area contributed by atoms with Crippen LogP contribution in [0.5, 0.6) is 0 Å². The molecule has 0 saturated carbocycles. The molecule has 0 bridgehead atoms. The van der Waals surface area contributed by atoms with Crippen molar-refractivity contribution in [3.63, 3.8) is 0 Å². The van der Waals surface area contributed by atoms with Gasteiger partial charge in [0, 0.05) is 22.0 Å². The standard InChI is InChI=1S/C17H13ClN2O3S2/c18-13-3-1-4-15(11-13)19-17(21)12-6-8-14(9-7-12)20-25(22,23)16-5-2-10-24-16/h1-11,20H,(H,19,21). The van der Waals surface area contributed by atoms with Crippen molar-refractivity contribution in [3.05, 3.63) is 76.6 Å². The van der Waals surface area contributed by atoms with Crippen molar-refractivity contribution in [1.82, 2.24) is 0 Å². The molecule has 25 heavy (non-hydrogen) atoms. The second-order valence-electron chi connectivity index (χ2n) is 5.08. The van der Waals surface area contributed by atoms with Crippen LogP contribution in [0.1, 0.15) is 10.4 Å². The maximum Gasteiger partial charge on any atom is 0.271 e. The summed E-state index contributed by atoms with van der Waals surface area (Å²) in [5.41, 5.74) is 1.37. The van der Waals surface area contributed by atoms with Crippen molar-refractivity contribution in [1.29, 1.82) is 0 Å². The van der Waals surface area contributed by atoms with Crippen molar-refractivity contribution < 1.29 is 13.2 Å². The van der Waals surface area contributed by atoms with Crippen molar-refractivity contribution in [3.8, 4) is 0 Å². The first kappa shape index (κ1) is 17.5. The van der Waals surface area contributed by atoms with Gasteiger partial charge in [0.05, 0.1) is 0 Å². The Balaban J connectivity index is 1.71. The number of anilines is 2. The number of carbonyl (C=O) groups excluding carboxylic acids is 1. The second kappa shape index (κ2) is 7.26. The molecule has 0 aliphatic carbocycles. The molecule has 2 aromatic carbocycles. The Morgan fingerprint density at radius 2 is 1.72 bits per heavy atom. The van der Waals surface area contributed by atoms with E-state index in [2.05, 4.69) is 10.0 Å². The lowest BCUT2D eigenvalue weighted by Crippen LogP contribution is -2.13. The van der Waals surface area contributed by atoms with Gasteiger partial charge in [-0.15, -0.1) is 11.3 Å². The van der Waals surface area contributed by atoms with Crippen LogP contribution in [0.3, 0.4) is 0 Å². The fraction of sp³-hybridized carbons (Fsp3) is 0. The molecule has 3 rings (SSSR count). The molecule has 3 aromatic rings. The molecule has 1 amide bonds. The van der Waals surface area contributed by atoms with Gasteiger partial charge in [-0.3, -0.25) is 9.52 Å². The molecule has 0 radical (unpaired) electrons. The van der Waals surface area contributed by atoms with Crippen LogP contribution in [0.15, 0.2) is 70.3 Å². The minimum Gasteiger partial charge on any atom is -0.322 e. The van der Waals surface area contributed by atoms with Gasteiger partial charge >= 0.3 is 0 Å². The fourth-order valence-electron chi connectivity index (χ4n) is 2.08. The third-order valence-electron chi connectivity index (χ3n) is 3.24. The van der Waals surface area contributed by atoms with Crippen LogP contribution in [-0.4, -0.2) is 14.3 Å². The predicted molar refractivity (Wildman–Crippen MR) is 101 cm³/mol. The number of hydrogen-bond donors (Lipinski definition) is 2. The van der Waals surface area contributed by atoms with E-state index in [9.17, 15) is 13.2 Å². The van der Waals surface area contributed by atoms with Gasteiger partial charge in [0.25, 0.3) is 15.9 Å². The monoisotopic (exact) mass is 392 g/mol. The maximum absolute atomic E-state index is 12.2. The zero-order valence-electron chi connectivity index (χ0n) is 12.8. The number of sulfonamides is 1. The van der Waals surface area contributed by atoms with Crippen LogP contribution in [0.4, 0.5) is 11.4 Å². The van der Waals surface area contributed by atoms with Gasteiger partial charge in [-0.2, -0.15) is 0 Å². The molecule has 1 aromatic heterocycles. The van der Waals surface area contributed by atoms with Crippen molar-refractivity contribution in [2.24, 2.45) is 0 Å². The smallest absolute Gasteiger partial charge is 0.271 e. The van der Waals surface area contributed by atoms with Crippen LogP contribution in [0.2, 0.25) is 5.02 Å². The first-order valence-electron chi connectivity index (χ1n) is 7.17. The summed E-state index contributed by atoms with van der Waals surface area (Å²) in [5.74, 6) is -0.310. The highest BCUT2D eigenvalue weighted by molar-refractivity contribution is 7.94. The van der Waals surface area contributed by atoms with Gasteiger partial charge in [-0.1, -0.05) is 23.7 Å². The Labute approximate surface area is 154 Å². The third-order valence-corrected chi connectivity index (χ3v) is 6.26. The molecule has 0 saturated heterocycles. The molecule has 0 atom stereocenters. The topological polar surface area (TPSA) is 75.3 Å². The van der Waals surface area contributed by atoms with Gasteiger partial charge in [0.1, 0.15) is 4.21 Å². The second-order valence-corrected chi connectivity index (χ2v) is 8.37. The van der Waals surface area contributed by atoms with Crippen LogP contribution in [0, 0.1) is 0 Å². The number of carbonyl (C=O) groups is 1. The minimum atomic E-state index is -3.60. The molecule has 128 valence electrons. The normalized spacial score (nSPS) is 11.1. The molecular weight excluding hydrogens is 380 g/mol. The van der Waals surface area contributed by atoms with E-state index in [0.717, 1.165) is 11.3 Å². The predicted octanol–water partition coefficient (Wildman–Crippen LogP) is 4.45. The number of benzene rings is 2. The van der Waals surface area contributed by atoms with Gasteiger partial charge in [0.2, 0.25) is 0 Å². The van der Waals surface area contributed by atoms with E-state index in [-0.39, 0.29) is 10.1 Å². The zero-order chi connectivity index (χ0) is 17.9. The molecule has 5 nitrogen and oxygen atoms in total. The summed E-state index contributed by atoms with van der Waals surface area (Å²) in [6, 6.07) is 16.2. The summed E-state index contributed by atoms with van der Waals surface area (Å²) >= 11 is 7.02. The molecule has 0 unspecified atom stereocenters. The first-order valence-corrected chi connectivity index (χ1v) is 9.91. The maximum atomic E-state index is 12.2. The van der Waals surface area contributed by atoms with Crippen LogP contribution < -0.4 is 10.0 Å². The lowest BCUT2D eigenvalue weighted by atomic mass is 10.2. The number of amides is 1. The lowest BCUT2D eigenvalue weighted by Gasteiger charge is -2.08. The number of halogens is 1. The number of hydrogen-bond acceptors (Lipinski definition) is 4. The third kappa shape index (κ3) is 4.39. The van der Waals surface area contributed by atoms with Crippen LogP contribution in [0.25, 0.3) is 0 Å². The molecule has 1 heterocycles. The van der Waals surface area contributed by atoms with Crippen LogP contribution in [-0.2, 0) is 10.0 Å². The van der Waals surface area contributed by atoms with Crippen molar-refractivity contribution in [2.75, 3.05) is 10.0 Å². The van der Waals surface area contributed by atoms with E-state index < -0.39 is 10.0 Å². The van der Waals surface area contributed by atoms with Gasteiger partial charge in [0.15, 0.2) is 0 Å². The lowest BCUT2D eigenvalue weighted by molar-refractivity contribution is 0.102. The summed E-state index contributed by atoms with van der Waals surface area (Å²) < 4.78 is 27.0. The minimum absolute atomic E-state index is 0.232. The van der Waals surface area contributed by atoms with Crippen molar-refractivity contribution >= 4 is 50.2 Å². The summed E-state index contributed by atoms with van der Waals surface area (Å²) in [6.45, 7) is 0. The van der Waals surface area contributed by atoms with E-state index in [0.29, 0.717) is 22.0 Å². The largest absolute Gasteiger partial charge is 0.322 e. The van der Waals surface area contributed by atoms with E-state index in [1.54, 1.807) is 47.8 Å². The molecule has 0 aliphatic rings. The Kier molecular flexibility index (Phi) is 5.08. The Bertz CT molecular complexity index is 985. The molecular formula is C17H13ClN2O3S2. The van der Waals surface area contributed by atoms with Gasteiger partial charge in [-0.05, 0) is 53.9 Å². The van der Waals surface area contributed by atoms with E-state index in [1.807, 2.05) is 0 Å². The Morgan fingerprint density at radius 1 is 0.960 bits per heavy atom. The Hall–Kier alpha value is -2.35. The summed E-state index contributed by atoms with van der Waals surface area (Å²) in [7, 11) is -3.60. The average Bonchev–Trinajstić information content (AvgIpc) is 3.10. The molecule has 0 fully saturated rings. The average molecular weight is 393 g/mol. The van der Waals surface area contributed by atoms with E-state index in [4.69, 9.17) is 11.6 Å². The number of rotatable bonds is 5. The van der Waals surface area contributed by atoms with E-state index >= 15 is 0 Å². The SMILES string of the molecule is O=C(Nc1cccc(Cl)c1)c1ccc(NS(=O)(=O)c2cccs2)cc1. The highest BCUT2D eigenvalue weighted by atomic mass is 35.5. The molecule has 8 heteroatoms. The quantitative estimate of drug-likeness (QED) is 0.673. The molecule has 2 N–H and O–H groups in total. The molecule has 0 aliphatic heterocycles. The first-order chi connectivity index (χ1) is 11.9. The number of thiophene rings is 1. The summed E-state index contributed by atoms with van der Waals surface area (Å²) in [5, 5.41) is 4.95. The fourth-order valence-corrected chi connectivity index (χ4v) is 4.32. The number of nitrogens with one attached hydrogen (secondary N) is 2. The highest BCUT2D eigenvalue weighted by Crippen LogP contribution is 2.21. The van der Waals surface area contributed by atoms with Crippen molar-refractivity contribution in [2.45, 2.75) is 4.21 Å². The zero-order valence-corrected chi connectivity index (χ0v) is 15.2. The Morgan fingerprint density at radius 3 is 2.36 bits per heavy atom. The summed E-state index contributed by atoms with van der Waals surface area (Å²) in [6.07, 6.45) is 0. The summed E-state index contributed by atoms with van der Waals surface area (Å²) in [4.78, 5) is 12.2. The van der Waals surface area contributed by atoms with E-state index in [1.165, 1.54) is 18.2 Å².